The molecule has 0 radical (unpaired) electrons. The molecule has 18 heteroatoms. The maximum absolute atomic E-state index is 14.5. The number of methoxy groups -OCH3 is 1. The van der Waals surface area contributed by atoms with E-state index in [1.165, 1.54) is 28.4 Å². The highest BCUT2D eigenvalue weighted by Crippen LogP contribution is 2.42. The summed E-state index contributed by atoms with van der Waals surface area (Å²) in [5.41, 5.74) is 8.80. The number of aryl methyl sites for hydroxylation is 1. The summed E-state index contributed by atoms with van der Waals surface area (Å²) in [6.45, 7) is 17.5. The lowest BCUT2D eigenvalue weighted by Crippen LogP contribution is -2.61. The van der Waals surface area contributed by atoms with Crippen LogP contribution in [0.2, 0.25) is 0 Å². The molecule has 1 aromatic carbocycles. The number of thiazole rings is 1. The number of aromatic nitrogens is 3. The predicted molar refractivity (Wildman–Crippen MR) is 263 cm³/mol. The summed E-state index contributed by atoms with van der Waals surface area (Å²) in [6, 6.07) is 6.93. The first kappa shape index (κ1) is 49.7. The van der Waals surface area contributed by atoms with E-state index in [1.54, 1.807) is 25.1 Å². The van der Waals surface area contributed by atoms with Crippen LogP contribution in [-0.2, 0) is 48.0 Å². The van der Waals surface area contributed by atoms with Gasteiger partial charge in [-0.05, 0) is 96.1 Å². The van der Waals surface area contributed by atoms with E-state index in [4.69, 9.17) is 19.4 Å². The molecule has 2 N–H and O–H groups in total. The third-order valence-electron chi connectivity index (χ3n) is 14.3. The van der Waals surface area contributed by atoms with Crippen molar-refractivity contribution in [3.8, 4) is 34.4 Å². The van der Waals surface area contributed by atoms with Gasteiger partial charge in [-0.15, -0.1) is 16.3 Å². The van der Waals surface area contributed by atoms with E-state index in [0.29, 0.717) is 50.3 Å². The van der Waals surface area contributed by atoms with E-state index in [2.05, 4.69) is 77.1 Å². The molecule has 4 aromatic rings. The van der Waals surface area contributed by atoms with Gasteiger partial charge in [-0.25, -0.2) is 10.4 Å². The Hall–Kier alpha value is -5.74. The number of amides is 3. The van der Waals surface area contributed by atoms with Crippen molar-refractivity contribution in [2.24, 2.45) is 5.41 Å². The summed E-state index contributed by atoms with van der Waals surface area (Å²) >= 11 is 1.40. The molecule has 6 bridgehead atoms. The summed E-state index contributed by atoms with van der Waals surface area (Å²) in [5.74, 6) is 4.16. The number of likely N-dealkylation sites (tertiary alicyclic amines) is 2. The Morgan fingerprint density at radius 2 is 1.91 bits per heavy atom. The van der Waals surface area contributed by atoms with Gasteiger partial charge in [-0.2, -0.15) is 0 Å². The van der Waals surface area contributed by atoms with Crippen molar-refractivity contribution in [3.05, 3.63) is 63.1 Å². The molecule has 3 amide bonds. The molecule has 69 heavy (non-hydrogen) atoms. The Morgan fingerprint density at radius 1 is 1.13 bits per heavy atom. The van der Waals surface area contributed by atoms with Crippen LogP contribution in [0, 0.1) is 22.2 Å². The molecule has 3 saturated heterocycles. The molecule has 0 saturated carbocycles. The minimum Gasteiger partial charge on any atom is -0.464 e. The minimum atomic E-state index is -1.09. The molecular weight excluding hydrogens is 897 g/mol. The predicted octanol–water partition coefficient (Wildman–Crippen LogP) is 5.31. The zero-order valence-corrected chi connectivity index (χ0v) is 42.3. The fourth-order valence-electron chi connectivity index (χ4n) is 9.80. The highest BCUT2D eigenvalue weighted by Gasteiger charge is 2.43. The largest absolute Gasteiger partial charge is 0.464 e. The SMILES string of the molecule is CCn1c(-c2cccnc2[C@H](C)OC)c2c3cc(ccc31)-c1csc(n1)C[C@H](NC(=O)[C@H](C)N(C)[N+](=O)[C@H]1CCN(C(=O)C#CC(C)(C)N3CCC3)C1)C(=O)N1CCC[C@H](N1)C(=O)OCC(C)(C)C2. The number of benzene rings is 1. The number of carbonyl (C=O) groups excluding carboxylic acids is 4. The van der Waals surface area contributed by atoms with Gasteiger partial charge in [0.1, 0.15) is 17.0 Å². The van der Waals surface area contributed by atoms with Crippen molar-refractivity contribution < 1.29 is 33.5 Å². The quantitative estimate of drug-likeness (QED) is 0.0910. The summed E-state index contributed by atoms with van der Waals surface area (Å²) in [6.07, 6.45) is 4.70. The van der Waals surface area contributed by atoms with Crippen LogP contribution < -0.4 is 10.7 Å². The molecule has 0 aliphatic carbocycles. The lowest BCUT2D eigenvalue weighted by molar-refractivity contribution is -0.731. The smallest absolute Gasteiger partial charge is 0.324 e. The van der Waals surface area contributed by atoms with Gasteiger partial charge in [0, 0.05) is 91.7 Å². The van der Waals surface area contributed by atoms with Gasteiger partial charge >= 0.3 is 5.97 Å². The van der Waals surface area contributed by atoms with E-state index < -0.39 is 52.9 Å². The molecule has 4 aliphatic heterocycles. The Morgan fingerprint density at radius 3 is 2.64 bits per heavy atom. The molecule has 4 aliphatic rings. The van der Waals surface area contributed by atoms with Gasteiger partial charge in [-0.3, -0.25) is 34.1 Å². The van der Waals surface area contributed by atoms with Crippen LogP contribution in [0.4, 0.5) is 0 Å². The van der Waals surface area contributed by atoms with Crippen molar-refractivity contribution >= 4 is 45.9 Å². The second kappa shape index (κ2) is 20.3. The number of fused-ring (bicyclic) bond motifs is 6. The van der Waals surface area contributed by atoms with E-state index >= 15 is 0 Å². The fraction of sp³-hybridized carbons (Fsp3) is 0.569. The number of esters is 1. The van der Waals surface area contributed by atoms with Crippen molar-refractivity contribution in [2.75, 3.05) is 53.5 Å². The normalized spacial score (nSPS) is 21.9. The van der Waals surface area contributed by atoms with E-state index in [9.17, 15) is 24.1 Å². The first-order chi connectivity index (χ1) is 32.9. The highest BCUT2D eigenvalue weighted by molar-refractivity contribution is 7.10. The lowest BCUT2D eigenvalue weighted by Gasteiger charge is -2.41. The van der Waals surface area contributed by atoms with Crippen molar-refractivity contribution in [3.63, 3.8) is 0 Å². The molecule has 3 aromatic heterocycles. The standard InChI is InChI=1S/C51H66N10O7S/c1-10-59-42-17-16-34-26-37(42)38(46(59)36-14-11-21-52-45(36)33(3)67-9)28-50(4,5)31-68-49(65)39-15-12-24-60(55-39)48(64)40(27-43-53-41(34)30-69-43)54-47(63)32(2)56(8)61(66)35-19-25-57(29-35)44(62)18-20-51(6,7)58-22-13-23-58/h11,14,16-17,21,26,30,32-33,35,39-40,55H,10,12-13,15,19,22-25,27-29,31H2,1-9H3/p+1/t32-,33-,35-,39-,40-/m0/s1. The number of nitrogens with one attached hydrogen (secondary N) is 2. The Labute approximate surface area is 408 Å². The molecule has 3 fully saturated rings. The van der Waals surface area contributed by atoms with Gasteiger partial charge in [0.05, 0.1) is 58.8 Å². The van der Waals surface area contributed by atoms with E-state index in [0.717, 1.165) is 69.1 Å². The van der Waals surface area contributed by atoms with Crippen LogP contribution in [0.15, 0.2) is 41.9 Å². The fourth-order valence-corrected chi connectivity index (χ4v) is 10.7. The van der Waals surface area contributed by atoms with Gasteiger partial charge < -0.3 is 24.3 Å². The number of nitrogens with zero attached hydrogens (tertiary/aromatic N) is 8. The number of carbonyl (C=O) groups is 4. The molecule has 368 valence electrons. The maximum atomic E-state index is 14.5. The summed E-state index contributed by atoms with van der Waals surface area (Å²) in [5, 5.41) is 9.30. The monoisotopic (exact) mass is 963 g/mol. The lowest BCUT2D eigenvalue weighted by atomic mass is 9.84. The first-order valence-electron chi connectivity index (χ1n) is 24.3. The number of rotatable bonds is 10. The van der Waals surface area contributed by atoms with Crippen LogP contribution in [0.5, 0.6) is 0 Å². The minimum absolute atomic E-state index is 0.0644. The number of hydrogen-bond acceptors (Lipinski definition) is 12. The third-order valence-corrected chi connectivity index (χ3v) is 15.2. The number of cyclic esters (lactones) is 1. The van der Waals surface area contributed by atoms with Crippen LogP contribution >= 0.6 is 11.3 Å². The molecular formula is C51H67N10O7S+. The molecule has 7 heterocycles. The van der Waals surface area contributed by atoms with Crippen LogP contribution in [0.25, 0.3) is 33.4 Å². The summed E-state index contributed by atoms with van der Waals surface area (Å²) in [4.78, 5) is 83.9. The van der Waals surface area contributed by atoms with Gasteiger partial charge in [0.25, 0.3) is 17.9 Å². The molecule has 0 spiro atoms. The number of likely N-dealkylation sites (N-methyl/N-ethyl adjacent to an activating group) is 1. The topological polar surface area (TPSA) is 175 Å². The Balaban J connectivity index is 1.07. The van der Waals surface area contributed by atoms with Crippen LogP contribution in [0.3, 0.4) is 0 Å². The molecule has 5 atom stereocenters. The van der Waals surface area contributed by atoms with E-state index in [-0.39, 0.29) is 31.6 Å². The zero-order chi connectivity index (χ0) is 49.4. The molecule has 0 unspecified atom stereocenters. The average molecular weight is 964 g/mol. The number of ether oxygens (including phenoxy) is 2. The Kier molecular flexibility index (Phi) is 14.6. The van der Waals surface area contributed by atoms with Gasteiger partial charge in [-0.1, -0.05) is 25.8 Å². The first-order valence-corrected chi connectivity index (χ1v) is 25.2. The number of nitroso groups, excluding NO2 is 1. The maximum Gasteiger partial charge on any atom is 0.324 e. The second-order valence-corrected chi connectivity index (χ2v) is 21.1. The zero-order valence-electron chi connectivity index (χ0n) is 41.5. The number of pyridine rings is 1. The van der Waals surface area contributed by atoms with Crippen molar-refractivity contribution in [1.82, 2.24) is 45.1 Å². The van der Waals surface area contributed by atoms with Gasteiger partial charge in [0.2, 0.25) is 5.91 Å². The van der Waals surface area contributed by atoms with Gasteiger partial charge in [0.15, 0.2) is 6.04 Å². The summed E-state index contributed by atoms with van der Waals surface area (Å²) < 4.78 is 14.2. The summed E-state index contributed by atoms with van der Waals surface area (Å²) in [7, 11) is 3.22. The van der Waals surface area contributed by atoms with Crippen molar-refractivity contribution in [1.29, 1.82) is 0 Å². The average Bonchev–Trinajstić information content (AvgIpc) is 4.08. The highest BCUT2D eigenvalue weighted by atomic mass is 32.1. The molecule has 8 rings (SSSR count). The number of hydrazine groups is 2. The number of hydrogen-bond donors (Lipinski definition) is 2. The second-order valence-electron chi connectivity index (χ2n) is 20.2. The van der Waals surface area contributed by atoms with Crippen molar-refractivity contribution in [2.45, 2.75) is 129 Å². The third kappa shape index (κ3) is 10.4. The van der Waals surface area contributed by atoms with Crippen LogP contribution in [-0.4, -0.2) is 146 Å². The molecule has 17 nitrogen and oxygen atoms in total. The van der Waals surface area contributed by atoms with Crippen LogP contribution in [0.1, 0.15) is 96.5 Å². The Bertz CT molecular complexity index is 2680. The van der Waals surface area contributed by atoms with E-state index in [1.807, 2.05) is 32.2 Å².